The van der Waals surface area contributed by atoms with Crippen LogP contribution in [0.4, 0.5) is 4.79 Å². The molecule has 2 atom stereocenters. The van der Waals surface area contributed by atoms with Gasteiger partial charge in [0.05, 0.1) is 7.11 Å². The molecule has 0 bridgehead atoms. The number of hydrogen-bond donors (Lipinski definition) is 1. The van der Waals surface area contributed by atoms with Crippen molar-refractivity contribution in [2.24, 2.45) is 5.92 Å². The third-order valence-corrected chi connectivity index (χ3v) is 8.74. The molecule has 194 valence electrons. The zero-order valence-electron chi connectivity index (χ0n) is 22.4. The van der Waals surface area contributed by atoms with Crippen molar-refractivity contribution in [3.63, 3.8) is 0 Å². The molecule has 3 fully saturated rings. The van der Waals surface area contributed by atoms with Crippen molar-refractivity contribution in [3.05, 3.63) is 28.8 Å². The van der Waals surface area contributed by atoms with E-state index in [1.165, 1.54) is 22.4 Å². The maximum atomic E-state index is 13.7. The van der Waals surface area contributed by atoms with Gasteiger partial charge in [0.2, 0.25) is 0 Å². The maximum absolute atomic E-state index is 13.7. The van der Waals surface area contributed by atoms with Gasteiger partial charge in [-0.2, -0.15) is 0 Å². The average Bonchev–Trinajstić information content (AvgIpc) is 3.35. The molecule has 7 nitrogen and oxygen atoms in total. The second-order valence-corrected chi connectivity index (χ2v) is 11.0. The van der Waals surface area contributed by atoms with E-state index in [9.17, 15) is 9.59 Å². The Morgan fingerprint density at radius 1 is 1.09 bits per heavy atom. The van der Waals surface area contributed by atoms with Gasteiger partial charge >= 0.3 is 6.03 Å². The van der Waals surface area contributed by atoms with Gasteiger partial charge in [0, 0.05) is 19.1 Å². The molecule has 0 radical (unpaired) electrons. The summed E-state index contributed by atoms with van der Waals surface area (Å²) in [5.74, 6) is 1.14. The van der Waals surface area contributed by atoms with E-state index < -0.39 is 5.54 Å². The largest absolute Gasteiger partial charge is 0.496 e. The first-order valence-electron chi connectivity index (χ1n) is 13.5. The number of carbonyl (C=O) groups is 2. The molecular formula is C28H44N4O3. The number of benzene rings is 1. The van der Waals surface area contributed by atoms with Gasteiger partial charge in [0.25, 0.3) is 5.91 Å². The highest BCUT2D eigenvalue weighted by molar-refractivity contribution is 6.07. The molecule has 0 aromatic heterocycles. The summed E-state index contributed by atoms with van der Waals surface area (Å²) in [6.07, 6.45) is 6.70. The molecule has 4 rings (SSSR count). The normalized spacial score (nSPS) is 26.5. The number of nitrogens with one attached hydrogen (secondary N) is 1. The topological polar surface area (TPSA) is 65.1 Å². The van der Waals surface area contributed by atoms with E-state index in [1.807, 2.05) is 0 Å². The highest BCUT2D eigenvalue weighted by Crippen LogP contribution is 2.38. The number of aryl methyl sites for hydroxylation is 2. The van der Waals surface area contributed by atoms with E-state index in [1.54, 1.807) is 7.11 Å². The monoisotopic (exact) mass is 484 g/mol. The summed E-state index contributed by atoms with van der Waals surface area (Å²) in [5.41, 5.74) is 3.01. The zero-order chi connectivity index (χ0) is 25.2. The number of likely N-dealkylation sites (tertiary alicyclic amines) is 2. The van der Waals surface area contributed by atoms with E-state index >= 15 is 0 Å². The lowest BCUT2D eigenvalue weighted by atomic mass is 9.74. The molecular weight excluding hydrogens is 440 g/mol. The second kappa shape index (κ2) is 10.9. The highest BCUT2D eigenvalue weighted by Gasteiger charge is 2.55. The van der Waals surface area contributed by atoms with Crippen molar-refractivity contribution in [3.8, 4) is 5.75 Å². The van der Waals surface area contributed by atoms with Gasteiger partial charge in [-0.05, 0) is 108 Å². The van der Waals surface area contributed by atoms with Gasteiger partial charge < -0.3 is 15.0 Å². The van der Waals surface area contributed by atoms with Crippen LogP contribution in [0, 0.1) is 19.8 Å². The van der Waals surface area contributed by atoms with Crippen LogP contribution in [0.15, 0.2) is 12.1 Å². The number of carbonyl (C=O) groups excluding carboxylic acids is 2. The van der Waals surface area contributed by atoms with Gasteiger partial charge in [-0.25, -0.2) is 4.79 Å². The molecule has 0 spiro atoms. The van der Waals surface area contributed by atoms with Gasteiger partial charge in [-0.15, -0.1) is 0 Å². The molecule has 35 heavy (non-hydrogen) atoms. The number of rotatable bonds is 9. The molecule has 1 aromatic carbocycles. The Kier molecular flexibility index (Phi) is 8.06. The average molecular weight is 485 g/mol. The Morgan fingerprint density at radius 3 is 2.46 bits per heavy atom. The molecule has 0 aliphatic carbocycles. The van der Waals surface area contributed by atoms with Gasteiger partial charge in [-0.1, -0.05) is 19.4 Å². The highest BCUT2D eigenvalue weighted by atomic mass is 16.5. The smallest absolute Gasteiger partial charge is 0.325 e. The number of piperidine rings is 1. The van der Waals surface area contributed by atoms with Crippen LogP contribution in [0.25, 0.3) is 0 Å². The van der Waals surface area contributed by atoms with E-state index in [4.69, 9.17) is 4.74 Å². The van der Waals surface area contributed by atoms with E-state index in [2.05, 4.69) is 55.1 Å². The van der Waals surface area contributed by atoms with Gasteiger partial charge in [-0.3, -0.25) is 14.6 Å². The fraction of sp³-hybridized carbons (Fsp3) is 0.714. The Balaban J connectivity index is 1.40. The summed E-state index contributed by atoms with van der Waals surface area (Å²) < 4.78 is 5.47. The summed E-state index contributed by atoms with van der Waals surface area (Å²) in [6, 6.07) is 4.65. The van der Waals surface area contributed by atoms with Gasteiger partial charge in [0.15, 0.2) is 0 Å². The van der Waals surface area contributed by atoms with Crippen molar-refractivity contribution in [2.45, 2.75) is 83.8 Å². The third kappa shape index (κ3) is 5.21. The first-order chi connectivity index (χ1) is 16.8. The molecule has 7 heteroatoms. The number of urea groups is 1. The van der Waals surface area contributed by atoms with Crippen LogP contribution in [0.3, 0.4) is 0 Å². The number of nitrogens with zero attached hydrogens (tertiary/aromatic N) is 3. The quantitative estimate of drug-likeness (QED) is 0.535. The van der Waals surface area contributed by atoms with Gasteiger partial charge in [0.1, 0.15) is 11.3 Å². The predicted octanol–water partition coefficient (Wildman–Crippen LogP) is 4.10. The molecule has 3 aliphatic heterocycles. The second-order valence-electron chi connectivity index (χ2n) is 11.0. The maximum Gasteiger partial charge on any atom is 0.325 e. The lowest BCUT2D eigenvalue weighted by molar-refractivity contribution is -0.134. The number of imide groups is 1. The molecule has 0 saturated carbocycles. The summed E-state index contributed by atoms with van der Waals surface area (Å²) in [7, 11) is 3.86. The van der Waals surface area contributed by atoms with Crippen molar-refractivity contribution < 1.29 is 14.3 Å². The minimum atomic E-state index is -0.730. The number of ether oxygens (including phenoxy) is 1. The van der Waals surface area contributed by atoms with Crippen molar-refractivity contribution in [1.82, 2.24) is 20.0 Å². The fourth-order valence-corrected chi connectivity index (χ4v) is 6.58. The minimum Gasteiger partial charge on any atom is -0.496 e. The molecule has 3 heterocycles. The van der Waals surface area contributed by atoms with Crippen molar-refractivity contribution in [2.75, 3.05) is 40.3 Å². The minimum absolute atomic E-state index is 0.0186. The fourth-order valence-electron chi connectivity index (χ4n) is 6.58. The molecule has 0 unspecified atom stereocenters. The summed E-state index contributed by atoms with van der Waals surface area (Å²) in [6.45, 7) is 10.8. The van der Waals surface area contributed by atoms with Crippen LogP contribution in [0.1, 0.15) is 68.6 Å². The lowest BCUT2D eigenvalue weighted by Gasteiger charge is -2.41. The number of amides is 3. The zero-order valence-corrected chi connectivity index (χ0v) is 22.4. The Bertz CT molecular complexity index is 927. The molecule has 3 aliphatic rings. The summed E-state index contributed by atoms with van der Waals surface area (Å²) >= 11 is 0. The molecule has 1 N–H and O–H groups in total. The molecule has 1 aromatic rings. The van der Waals surface area contributed by atoms with Crippen molar-refractivity contribution >= 4 is 11.9 Å². The van der Waals surface area contributed by atoms with Crippen LogP contribution in [0.2, 0.25) is 0 Å². The van der Waals surface area contributed by atoms with Crippen LogP contribution in [0.5, 0.6) is 5.75 Å². The van der Waals surface area contributed by atoms with Crippen LogP contribution >= 0.6 is 0 Å². The van der Waals surface area contributed by atoms with Crippen LogP contribution < -0.4 is 10.1 Å². The predicted molar refractivity (Wildman–Crippen MR) is 139 cm³/mol. The first kappa shape index (κ1) is 26.0. The Morgan fingerprint density at radius 2 is 1.83 bits per heavy atom. The summed E-state index contributed by atoms with van der Waals surface area (Å²) in [5, 5.41) is 3.21. The van der Waals surface area contributed by atoms with Crippen LogP contribution in [-0.4, -0.2) is 78.6 Å². The molecule has 3 saturated heterocycles. The lowest BCUT2D eigenvalue weighted by Crippen LogP contribution is -2.56. The Labute approximate surface area is 211 Å². The summed E-state index contributed by atoms with van der Waals surface area (Å²) in [4.78, 5) is 33.1. The number of hydrogen-bond acceptors (Lipinski definition) is 5. The third-order valence-electron chi connectivity index (χ3n) is 8.74. The van der Waals surface area contributed by atoms with Crippen molar-refractivity contribution in [1.29, 1.82) is 0 Å². The standard InChI is InChI=1S/C28H44N4O3/c1-6-12-28(26(33)32(27(34)29-28)16-11-24-8-7-13-30(24)4)23-9-14-31(15-10-23)19-22-17-21(3)25(35-5)18-20(22)2/h17-18,23-24H,6-16,19H2,1-5H3,(H,29,34)/t24-,28-/m0/s1. The molecule has 3 amide bonds. The Hall–Kier alpha value is -2.12. The SMILES string of the molecule is CCC[C@@]1(C2CCN(Cc3cc(C)c(OC)cc3C)CC2)NC(=O)N(CC[C@@H]2CCCN2C)C1=O. The number of methoxy groups -OCH3 is 1. The van der Waals surface area contributed by atoms with Crippen LogP contribution in [-0.2, 0) is 11.3 Å². The van der Waals surface area contributed by atoms with E-state index in [0.717, 1.165) is 76.0 Å². The van der Waals surface area contributed by atoms with E-state index in [-0.39, 0.29) is 17.9 Å². The first-order valence-corrected chi connectivity index (χ1v) is 13.5. The van der Waals surface area contributed by atoms with E-state index in [0.29, 0.717) is 12.6 Å².